The Labute approximate surface area is 138 Å². The Morgan fingerprint density at radius 1 is 1.53 bits per heavy atom. The smallest absolute Gasteiger partial charge is 0.258 e. The first-order valence-corrected chi connectivity index (χ1v) is 8.42. The zero-order valence-corrected chi connectivity index (χ0v) is 15.0. The fourth-order valence-electron chi connectivity index (χ4n) is 1.65. The van der Waals surface area contributed by atoms with Gasteiger partial charge in [-0.05, 0) is 70.1 Å². The highest BCUT2D eigenvalue weighted by Gasteiger charge is 2.13. The van der Waals surface area contributed by atoms with Crippen molar-refractivity contribution in [1.82, 2.24) is 4.98 Å². The van der Waals surface area contributed by atoms with E-state index in [9.17, 15) is 4.79 Å². The molecule has 1 heterocycles. The number of halogens is 2. The van der Waals surface area contributed by atoms with Crippen molar-refractivity contribution in [3.8, 4) is 0 Å². The first-order valence-electron chi connectivity index (χ1n) is 5.74. The molecule has 0 fully saturated rings. The average molecular weight is 451 g/mol. The van der Waals surface area contributed by atoms with Crippen molar-refractivity contribution in [1.29, 1.82) is 0 Å². The van der Waals surface area contributed by atoms with Crippen LogP contribution >= 0.6 is 49.9 Å². The molecule has 0 saturated heterocycles. The van der Waals surface area contributed by atoms with E-state index in [0.717, 1.165) is 25.0 Å². The molecule has 0 spiro atoms. The molecule has 0 radical (unpaired) electrons. The summed E-state index contributed by atoms with van der Waals surface area (Å²) in [5.74, 6) is -0.137. The molecule has 1 aromatic heterocycles. The molecule has 1 aromatic carbocycles. The van der Waals surface area contributed by atoms with Gasteiger partial charge in [0.05, 0.1) is 11.3 Å². The molecule has 2 rings (SSSR count). The number of aryl methyl sites for hydroxylation is 2. The van der Waals surface area contributed by atoms with E-state index in [1.165, 1.54) is 11.3 Å². The third-order valence-electron chi connectivity index (χ3n) is 2.62. The number of carbonyl (C=O) groups is 1. The van der Waals surface area contributed by atoms with Gasteiger partial charge in [0.25, 0.3) is 5.91 Å². The van der Waals surface area contributed by atoms with Crippen molar-refractivity contribution in [3.63, 3.8) is 0 Å². The molecule has 0 atom stereocenters. The number of anilines is 1. The largest absolute Gasteiger partial charge is 0.298 e. The van der Waals surface area contributed by atoms with Gasteiger partial charge in [0.2, 0.25) is 0 Å². The van der Waals surface area contributed by atoms with Crippen LogP contribution < -0.4 is 5.32 Å². The van der Waals surface area contributed by atoms with E-state index in [1.807, 2.05) is 25.1 Å². The minimum atomic E-state index is -0.137. The van der Waals surface area contributed by atoms with Gasteiger partial charge in [0.1, 0.15) is 0 Å². The van der Waals surface area contributed by atoms with Gasteiger partial charge in [-0.15, -0.1) is 11.3 Å². The van der Waals surface area contributed by atoms with Crippen LogP contribution in [0, 0.1) is 10.5 Å². The van der Waals surface area contributed by atoms with Crippen LogP contribution in [0.5, 0.6) is 0 Å². The number of benzene rings is 1. The van der Waals surface area contributed by atoms with E-state index in [0.29, 0.717) is 10.7 Å². The number of amides is 1. The maximum Gasteiger partial charge on any atom is 0.258 e. The second-order valence-corrected chi connectivity index (χ2v) is 7.26. The van der Waals surface area contributed by atoms with Crippen molar-refractivity contribution < 1.29 is 4.79 Å². The van der Waals surface area contributed by atoms with Gasteiger partial charge in [0, 0.05) is 12.9 Å². The number of aromatic nitrogens is 1. The topological polar surface area (TPSA) is 42.0 Å². The van der Waals surface area contributed by atoms with Gasteiger partial charge < -0.3 is 0 Å². The van der Waals surface area contributed by atoms with Crippen molar-refractivity contribution in [2.24, 2.45) is 0 Å². The monoisotopic (exact) mass is 450 g/mol. The summed E-state index contributed by atoms with van der Waals surface area (Å²) < 4.78 is 1.81. The van der Waals surface area contributed by atoms with Crippen LogP contribution in [0.15, 0.2) is 22.7 Å². The predicted octanol–water partition coefficient (Wildman–Crippen LogP) is 4.63. The summed E-state index contributed by atoms with van der Waals surface area (Å²) in [4.78, 5) is 17.8. The molecule has 2 aromatic rings. The van der Waals surface area contributed by atoms with Crippen LogP contribution in [-0.4, -0.2) is 10.9 Å². The molecule has 0 aliphatic heterocycles. The highest BCUT2D eigenvalue weighted by Crippen LogP contribution is 2.25. The maximum absolute atomic E-state index is 12.2. The summed E-state index contributed by atoms with van der Waals surface area (Å²) in [5.41, 5.74) is 1.67. The molecule has 0 unspecified atom stereocenters. The van der Waals surface area contributed by atoms with Crippen LogP contribution in [0.25, 0.3) is 0 Å². The fourth-order valence-corrected chi connectivity index (χ4v) is 3.46. The first kappa shape index (κ1) is 14.9. The van der Waals surface area contributed by atoms with Crippen LogP contribution in [0.4, 0.5) is 5.13 Å². The lowest BCUT2D eigenvalue weighted by atomic mass is 10.2. The summed E-state index contributed by atoms with van der Waals surface area (Å²) in [5, 5.41) is 3.51. The van der Waals surface area contributed by atoms with Crippen LogP contribution in [0.1, 0.15) is 27.9 Å². The van der Waals surface area contributed by atoms with E-state index >= 15 is 0 Å². The van der Waals surface area contributed by atoms with Gasteiger partial charge in [-0.3, -0.25) is 10.1 Å². The van der Waals surface area contributed by atoms with Crippen molar-refractivity contribution in [2.75, 3.05) is 5.32 Å². The Balaban J connectivity index is 2.22. The van der Waals surface area contributed by atoms with Gasteiger partial charge in [-0.1, -0.05) is 6.92 Å². The van der Waals surface area contributed by atoms with Crippen LogP contribution in [-0.2, 0) is 6.42 Å². The summed E-state index contributed by atoms with van der Waals surface area (Å²) in [6.45, 7) is 4.08. The van der Waals surface area contributed by atoms with E-state index in [2.05, 4.69) is 55.7 Å². The quantitative estimate of drug-likeness (QED) is 0.692. The first-order chi connectivity index (χ1) is 9.01. The van der Waals surface area contributed by atoms with E-state index in [1.54, 1.807) is 0 Å². The maximum atomic E-state index is 12.2. The zero-order chi connectivity index (χ0) is 14.0. The van der Waals surface area contributed by atoms with Crippen LogP contribution in [0.2, 0.25) is 0 Å². The van der Waals surface area contributed by atoms with E-state index in [-0.39, 0.29) is 5.91 Å². The lowest BCUT2D eigenvalue weighted by Gasteiger charge is -2.04. The molecule has 1 N–H and O–H groups in total. The number of nitrogens with zero attached hydrogens (tertiary/aromatic N) is 1. The van der Waals surface area contributed by atoms with Gasteiger partial charge in [-0.25, -0.2) is 4.98 Å². The molecule has 100 valence electrons. The number of nitrogens with one attached hydrogen (secondary N) is 1. The Morgan fingerprint density at radius 2 is 2.26 bits per heavy atom. The fraction of sp³-hybridized carbons (Fsp3) is 0.231. The van der Waals surface area contributed by atoms with Gasteiger partial charge in [0.15, 0.2) is 5.13 Å². The highest BCUT2D eigenvalue weighted by atomic mass is 127. The molecule has 19 heavy (non-hydrogen) atoms. The molecule has 3 nitrogen and oxygen atoms in total. The van der Waals surface area contributed by atoms with Gasteiger partial charge >= 0.3 is 0 Å². The molecular weight excluding hydrogens is 439 g/mol. The normalized spacial score (nSPS) is 10.5. The highest BCUT2D eigenvalue weighted by molar-refractivity contribution is 14.1. The summed E-state index contributed by atoms with van der Waals surface area (Å²) in [6, 6.07) is 5.67. The average Bonchev–Trinajstić information content (AvgIpc) is 2.72. The Bertz CT molecular complexity index is 627. The summed E-state index contributed by atoms with van der Waals surface area (Å²) in [7, 11) is 0. The standard InChI is InChI=1S/C13H12BrIN2OS/c1-3-11-7(2)19-13(16-11)17-12(18)9-6-8(15)4-5-10(9)14/h4-6H,3H2,1-2H3,(H,16,17,18). The third kappa shape index (κ3) is 3.55. The molecule has 6 heteroatoms. The number of carbonyl (C=O) groups excluding carboxylic acids is 1. The summed E-state index contributed by atoms with van der Waals surface area (Å²) in [6.07, 6.45) is 0.880. The predicted molar refractivity (Wildman–Crippen MR) is 91.0 cm³/mol. The van der Waals surface area contributed by atoms with E-state index < -0.39 is 0 Å². The minimum absolute atomic E-state index is 0.137. The third-order valence-corrected chi connectivity index (χ3v) is 4.91. The molecule has 0 aliphatic carbocycles. The van der Waals surface area contributed by atoms with Crippen molar-refractivity contribution in [2.45, 2.75) is 20.3 Å². The summed E-state index contributed by atoms with van der Waals surface area (Å²) >= 11 is 7.10. The minimum Gasteiger partial charge on any atom is -0.298 e. The number of rotatable bonds is 3. The van der Waals surface area contributed by atoms with Crippen molar-refractivity contribution >= 4 is 60.9 Å². The lowest BCUT2D eigenvalue weighted by Crippen LogP contribution is -2.12. The van der Waals surface area contributed by atoms with Crippen molar-refractivity contribution in [3.05, 3.63) is 42.4 Å². The Morgan fingerprint density at radius 3 is 2.89 bits per heavy atom. The Kier molecular flexibility index (Phi) is 4.97. The number of hydrogen-bond donors (Lipinski definition) is 1. The lowest BCUT2D eigenvalue weighted by molar-refractivity contribution is 0.102. The second-order valence-electron chi connectivity index (χ2n) is 3.95. The second kappa shape index (κ2) is 6.32. The zero-order valence-electron chi connectivity index (χ0n) is 10.5. The molecular formula is C13H12BrIN2OS. The molecule has 1 amide bonds. The van der Waals surface area contributed by atoms with Crippen LogP contribution in [0.3, 0.4) is 0 Å². The Hall–Kier alpha value is -0.470. The van der Waals surface area contributed by atoms with E-state index in [4.69, 9.17) is 0 Å². The molecule has 0 aliphatic rings. The molecule has 0 saturated carbocycles. The van der Waals surface area contributed by atoms with Gasteiger partial charge in [-0.2, -0.15) is 0 Å². The number of hydrogen-bond acceptors (Lipinski definition) is 3. The number of thiazole rings is 1. The molecule has 0 bridgehead atoms. The SMILES string of the molecule is CCc1nc(NC(=O)c2cc(I)ccc2Br)sc1C.